The molecule has 146 valence electrons. The number of piperazine rings is 1. The lowest BCUT2D eigenvalue weighted by molar-refractivity contribution is 0.0498. The van der Waals surface area contributed by atoms with Crippen molar-refractivity contribution in [2.75, 3.05) is 44.7 Å². The molecule has 0 saturated carbocycles. The summed E-state index contributed by atoms with van der Waals surface area (Å²) >= 11 is 0. The highest BCUT2D eigenvalue weighted by atomic mass is 16.2. The molecule has 2 heterocycles. The third kappa shape index (κ3) is 3.47. The first kappa shape index (κ1) is 18.5. The third-order valence-electron chi connectivity index (χ3n) is 5.63. The van der Waals surface area contributed by atoms with Gasteiger partial charge in [0.05, 0.1) is 6.04 Å². The molecule has 1 N–H and O–H groups in total. The van der Waals surface area contributed by atoms with Gasteiger partial charge >= 0.3 is 6.03 Å². The molecule has 2 fully saturated rings. The number of hydrogen-bond acceptors (Lipinski definition) is 3. The first-order valence-corrected chi connectivity index (χ1v) is 9.75. The molecule has 3 amide bonds. The van der Waals surface area contributed by atoms with Gasteiger partial charge in [-0.3, -0.25) is 9.69 Å². The zero-order chi connectivity index (χ0) is 19.7. The minimum Gasteiger partial charge on any atom is -0.336 e. The van der Waals surface area contributed by atoms with Crippen molar-refractivity contribution in [2.24, 2.45) is 0 Å². The van der Waals surface area contributed by atoms with Crippen LogP contribution < -0.4 is 10.2 Å². The van der Waals surface area contributed by atoms with Crippen molar-refractivity contribution >= 4 is 17.6 Å². The maximum atomic E-state index is 13.4. The lowest BCUT2D eigenvalue weighted by Crippen LogP contribution is -2.49. The molecule has 0 unspecified atom stereocenters. The van der Waals surface area contributed by atoms with E-state index in [1.54, 1.807) is 4.90 Å². The second-order valence-corrected chi connectivity index (χ2v) is 7.57. The monoisotopic (exact) mass is 378 g/mol. The zero-order valence-electron chi connectivity index (χ0n) is 16.4. The summed E-state index contributed by atoms with van der Waals surface area (Å²) in [5, 5.41) is 2.83. The quantitative estimate of drug-likeness (QED) is 0.893. The number of anilines is 1. The van der Waals surface area contributed by atoms with Crippen molar-refractivity contribution in [3.05, 3.63) is 65.2 Å². The van der Waals surface area contributed by atoms with E-state index in [4.69, 9.17) is 0 Å². The van der Waals surface area contributed by atoms with Crippen LogP contribution in [-0.4, -0.2) is 61.5 Å². The second kappa shape index (κ2) is 7.64. The molecule has 0 bridgehead atoms. The summed E-state index contributed by atoms with van der Waals surface area (Å²) in [6, 6.07) is 15.8. The van der Waals surface area contributed by atoms with Gasteiger partial charge in [0.2, 0.25) is 0 Å². The number of aryl methyl sites for hydroxylation is 1. The van der Waals surface area contributed by atoms with Crippen molar-refractivity contribution < 1.29 is 9.59 Å². The molecule has 0 aliphatic carbocycles. The van der Waals surface area contributed by atoms with Gasteiger partial charge in [-0.15, -0.1) is 0 Å². The fourth-order valence-corrected chi connectivity index (χ4v) is 4.02. The van der Waals surface area contributed by atoms with Crippen LogP contribution in [0, 0.1) is 6.92 Å². The van der Waals surface area contributed by atoms with Gasteiger partial charge in [-0.2, -0.15) is 0 Å². The first-order chi connectivity index (χ1) is 13.5. The second-order valence-electron chi connectivity index (χ2n) is 7.57. The highest BCUT2D eigenvalue weighted by Crippen LogP contribution is 2.29. The smallest absolute Gasteiger partial charge is 0.322 e. The summed E-state index contributed by atoms with van der Waals surface area (Å²) in [5.74, 6) is 0.0165. The normalized spacial score (nSPS) is 20.4. The number of nitrogens with zero attached hydrogens (tertiary/aromatic N) is 3. The summed E-state index contributed by atoms with van der Waals surface area (Å²) in [7, 11) is 2.09. The molecule has 2 saturated heterocycles. The minimum absolute atomic E-state index is 0.0165. The van der Waals surface area contributed by atoms with Gasteiger partial charge in [0.15, 0.2) is 0 Å². The molecule has 0 radical (unpaired) electrons. The van der Waals surface area contributed by atoms with Gasteiger partial charge < -0.3 is 15.1 Å². The van der Waals surface area contributed by atoms with E-state index >= 15 is 0 Å². The van der Waals surface area contributed by atoms with E-state index in [1.807, 2.05) is 48.2 Å². The van der Waals surface area contributed by atoms with E-state index in [2.05, 4.69) is 29.4 Å². The molecule has 2 aromatic carbocycles. The van der Waals surface area contributed by atoms with Gasteiger partial charge in [-0.05, 0) is 37.2 Å². The molecule has 6 nitrogen and oxygen atoms in total. The Morgan fingerprint density at radius 3 is 2.57 bits per heavy atom. The van der Waals surface area contributed by atoms with E-state index < -0.39 is 0 Å². The highest BCUT2D eigenvalue weighted by molar-refractivity contribution is 5.99. The predicted octanol–water partition coefficient (Wildman–Crippen LogP) is 2.65. The third-order valence-corrected chi connectivity index (χ3v) is 5.63. The van der Waals surface area contributed by atoms with Gasteiger partial charge in [-0.1, -0.05) is 36.4 Å². The van der Waals surface area contributed by atoms with Crippen LogP contribution in [0.5, 0.6) is 0 Å². The predicted molar refractivity (Wildman–Crippen MR) is 110 cm³/mol. The maximum absolute atomic E-state index is 13.4. The van der Waals surface area contributed by atoms with E-state index in [9.17, 15) is 9.59 Å². The molecule has 1 atom stereocenters. The summed E-state index contributed by atoms with van der Waals surface area (Å²) in [5.41, 5.74) is 3.58. The number of benzene rings is 2. The molecular weight excluding hydrogens is 352 g/mol. The molecule has 28 heavy (non-hydrogen) atoms. The number of rotatable bonds is 3. The average molecular weight is 378 g/mol. The van der Waals surface area contributed by atoms with E-state index in [1.165, 1.54) is 0 Å². The SMILES string of the molecule is Cc1ccc(C(=O)N2CCN(C)C[C@H]2c2ccccc2)cc1N1CCNC1=O. The summed E-state index contributed by atoms with van der Waals surface area (Å²) < 4.78 is 0. The van der Waals surface area contributed by atoms with Gasteiger partial charge in [0, 0.05) is 44.0 Å². The molecule has 0 spiro atoms. The van der Waals surface area contributed by atoms with Crippen molar-refractivity contribution in [2.45, 2.75) is 13.0 Å². The minimum atomic E-state index is -0.102. The van der Waals surface area contributed by atoms with E-state index in [0.29, 0.717) is 25.2 Å². The van der Waals surface area contributed by atoms with Crippen LogP contribution in [-0.2, 0) is 0 Å². The number of likely N-dealkylation sites (N-methyl/N-ethyl adjacent to an activating group) is 1. The Morgan fingerprint density at radius 1 is 1.07 bits per heavy atom. The fourth-order valence-electron chi connectivity index (χ4n) is 4.02. The fraction of sp³-hybridized carbons (Fsp3) is 0.364. The highest BCUT2D eigenvalue weighted by Gasteiger charge is 2.31. The summed E-state index contributed by atoms with van der Waals surface area (Å²) in [6.45, 7) is 5.56. The zero-order valence-corrected chi connectivity index (χ0v) is 16.4. The van der Waals surface area contributed by atoms with Crippen molar-refractivity contribution in [3.8, 4) is 0 Å². The number of amides is 3. The van der Waals surface area contributed by atoms with E-state index in [-0.39, 0.29) is 18.0 Å². The molecule has 0 aromatic heterocycles. The Morgan fingerprint density at radius 2 is 1.86 bits per heavy atom. The molecule has 4 rings (SSSR count). The summed E-state index contributed by atoms with van der Waals surface area (Å²) in [6.07, 6.45) is 0. The Hall–Kier alpha value is -2.86. The lowest BCUT2D eigenvalue weighted by Gasteiger charge is -2.40. The van der Waals surface area contributed by atoms with E-state index in [0.717, 1.165) is 29.9 Å². The average Bonchev–Trinajstić information content (AvgIpc) is 3.14. The van der Waals surface area contributed by atoms with Crippen LogP contribution >= 0.6 is 0 Å². The Labute approximate surface area is 165 Å². The number of carbonyl (C=O) groups is 2. The number of hydrogen-bond donors (Lipinski definition) is 1. The lowest BCUT2D eigenvalue weighted by atomic mass is 10.0. The Bertz CT molecular complexity index is 883. The molecule has 6 heteroatoms. The molecule has 2 aromatic rings. The van der Waals surface area contributed by atoms with Crippen molar-refractivity contribution in [3.63, 3.8) is 0 Å². The largest absolute Gasteiger partial charge is 0.336 e. The van der Waals surface area contributed by atoms with Crippen LogP contribution in [0.15, 0.2) is 48.5 Å². The number of carbonyl (C=O) groups excluding carboxylic acids is 2. The van der Waals surface area contributed by atoms with Crippen LogP contribution in [0.1, 0.15) is 27.5 Å². The van der Waals surface area contributed by atoms with Crippen LogP contribution in [0.25, 0.3) is 0 Å². The van der Waals surface area contributed by atoms with Gasteiger partial charge in [-0.25, -0.2) is 4.79 Å². The maximum Gasteiger partial charge on any atom is 0.322 e. The molecular formula is C22H26N4O2. The number of urea groups is 1. The van der Waals surface area contributed by atoms with Crippen molar-refractivity contribution in [1.82, 2.24) is 15.1 Å². The Balaban J connectivity index is 1.65. The first-order valence-electron chi connectivity index (χ1n) is 9.75. The van der Waals surface area contributed by atoms with Crippen molar-refractivity contribution in [1.29, 1.82) is 0 Å². The Kier molecular flexibility index (Phi) is 5.05. The molecule has 2 aliphatic rings. The van der Waals surface area contributed by atoms with Crippen LogP contribution in [0.3, 0.4) is 0 Å². The number of nitrogens with one attached hydrogen (secondary N) is 1. The van der Waals surface area contributed by atoms with Crippen LogP contribution in [0.2, 0.25) is 0 Å². The summed E-state index contributed by atoms with van der Waals surface area (Å²) in [4.78, 5) is 31.5. The van der Waals surface area contributed by atoms with Crippen LogP contribution in [0.4, 0.5) is 10.5 Å². The molecule has 2 aliphatic heterocycles. The van der Waals surface area contributed by atoms with Gasteiger partial charge in [0.1, 0.15) is 0 Å². The topological polar surface area (TPSA) is 55.9 Å². The standard InChI is InChI=1S/C22H26N4O2/c1-16-8-9-18(14-19(16)26-11-10-23-22(26)28)21(27)25-13-12-24(2)15-20(25)17-6-4-3-5-7-17/h3-9,14,20H,10-13,15H2,1-2H3,(H,23,28)/t20-/m0/s1. The van der Waals surface area contributed by atoms with Gasteiger partial charge in [0.25, 0.3) is 5.91 Å².